The Hall–Kier alpha value is -12.0. The smallest absolute Gasteiger partial charge is 0.463 e. The highest BCUT2D eigenvalue weighted by Crippen LogP contribution is 2.34. The highest BCUT2D eigenvalue weighted by molar-refractivity contribution is 5.97. The molecule has 5 atom stereocenters. The molecule has 2 amide bonds. The molecule has 0 spiro atoms. The third-order valence-corrected chi connectivity index (χ3v) is 11.9. The van der Waals surface area contributed by atoms with Crippen molar-refractivity contribution in [3.05, 3.63) is 161 Å². The summed E-state index contributed by atoms with van der Waals surface area (Å²) in [6.45, 7) is 0.136. The Labute approximate surface area is 518 Å². The fourth-order valence-electron chi connectivity index (χ4n) is 8.12. The van der Waals surface area contributed by atoms with Crippen LogP contribution in [-0.2, 0) is 93.0 Å². The van der Waals surface area contributed by atoms with Crippen molar-refractivity contribution in [3.63, 3.8) is 0 Å². The molecule has 1 unspecified atom stereocenters. The van der Waals surface area contributed by atoms with E-state index in [1.165, 1.54) is 30.3 Å². The number of hydrogen-bond acceptors (Lipinski definition) is 29. The van der Waals surface area contributed by atoms with E-state index in [-0.39, 0.29) is 93.3 Å². The summed E-state index contributed by atoms with van der Waals surface area (Å²) < 4.78 is 76.2. The third-order valence-electron chi connectivity index (χ3n) is 11.9. The highest BCUT2D eigenvalue weighted by Gasteiger charge is 2.53. The largest absolute Gasteiger partial charge is 0.514 e. The molecule has 0 saturated carbocycles. The number of ether oxygens (including phenoxy) is 14. The minimum absolute atomic E-state index is 0.0220. The van der Waals surface area contributed by atoms with Crippen LogP contribution in [0.15, 0.2) is 103 Å². The zero-order valence-electron chi connectivity index (χ0n) is 48.6. The number of nitrogens with zero attached hydrogens (tertiary/aromatic N) is 3. The van der Waals surface area contributed by atoms with Crippen molar-refractivity contribution in [1.29, 1.82) is 0 Å². The average Bonchev–Trinajstić information content (AvgIpc) is 0.795. The van der Waals surface area contributed by atoms with Gasteiger partial charge in [0, 0.05) is 81.8 Å². The molecule has 6 rings (SSSR count). The van der Waals surface area contributed by atoms with E-state index in [0.717, 1.165) is 100 Å². The average molecular weight is 1280 g/mol. The first kappa shape index (κ1) is 69.1. The van der Waals surface area contributed by atoms with E-state index < -0.39 is 133 Å². The lowest BCUT2D eigenvalue weighted by Gasteiger charge is -2.44. The van der Waals surface area contributed by atoms with E-state index in [4.69, 9.17) is 72.7 Å². The predicted molar refractivity (Wildman–Crippen MR) is 303 cm³/mol. The van der Waals surface area contributed by atoms with Crippen molar-refractivity contribution in [2.24, 2.45) is 0 Å². The van der Waals surface area contributed by atoms with Crippen LogP contribution in [0, 0.1) is 42.7 Å². The Balaban J connectivity index is 1.34. The number of nitro benzene ring substituents is 3. The van der Waals surface area contributed by atoms with Gasteiger partial charge < -0.3 is 71.6 Å². The molecule has 1 aliphatic heterocycles. The number of carbonyl (C=O) groups is 9. The molecule has 1 aliphatic rings. The molecule has 0 radical (unpaired) electrons. The van der Waals surface area contributed by atoms with Crippen molar-refractivity contribution >= 4 is 77.1 Å². The molecule has 0 aliphatic carbocycles. The van der Waals surface area contributed by atoms with Crippen LogP contribution in [0.2, 0.25) is 0 Å². The van der Waals surface area contributed by atoms with Crippen molar-refractivity contribution in [2.45, 2.75) is 84.8 Å². The maximum atomic E-state index is 14.1. The van der Waals surface area contributed by atoms with E-state index >= 15 is 0 Å². The summed E-state index contributed by atoms with van der Waals surface area (Å²) in [6, 6.07) is 19.0. The molecule has 92 heavy (non-hydrogen) atoms. The molecule has 1 fully saturated rings. The Morgan fingerprint density at radius 1 is 0.543 bits per heavy atom. The van der Waals surface area contributed by atoms with E-state index in [0.29, 0.717) is 0 Å². The molecular weight excluding hydrogens is 1230 g/mol. The standard InChI is InChI=1S/C58H53N5O29/c1-6-22-79-23-21-59-53(68)46-26-36(7-20-47(46)91-54-52(87-35(5)67)51(86-34(4)66)50(85-33(3)65)48(92-54)31-80-32(2)64)27-81-55(69)60-49-38(29-83-57(71)89-44-16-10-41(11-17-44)62(75)76)24-37(28-82-56(70)88-43-14-8-40(9-15-43)61(73)74)25-39(49)30-84-58(72)90-45-18-12-42(13-19-45)63(77)78/h1,7-20,24-26,48,50-52,54H,21-23,27-31H2,2-5H3,(H,59,68)(H,60,69)/t48-,50+,51+,52-,54?/m1/s1. The van der Waals surface area contributed by atoms with Gasteiger partial charge in [-0.1, -0.05) is 12.0 Å². The van der Waals surface area contributed by atoms with Crippen LogP contribution < -0.4 is 29.6 Å². The molecule has 484 valence electrons. The van der Waals surface area contributed by atoms with Gasteiger partial charge in [-0.15, -0.1) is 6.42 Å². The summed E-state index contributed by atoms with van der Waals surface area (Å²) in [5.41, 5.74) is -1.86. The topological polar surface area (TPSA) is 436 Å². The lowest BCUT2D eigenvalue weighted by Crippen LogP contribution is -2.63. The minimum Gasteiger partial charge on any atom is -0.463 e. The third kappa shape index (κ3) is 21.4. The molecule has 0 aromatic heterocycles. The second kappa shape index (κ2) is 33.4. The number of anilines is 1. The zero-order valence-corrected chi connectivity index (χ0v) is 48.6. The molecule has 34 nitrogen and oxygen atoms in total. The normalized spacial score (nSPS) is 15.4. The Kier molecular flexibility index (Phi) is 25.1. The second-order valence-corrected chi connectivity index (χ2v) is 18.7. The Morgan fingerprint density at radius 3 is 1.46 bits per heavy atom. The number of non-ortho nitro benzene ring substituents is 3. The number of terminal acetylenes is 1. The van der Waals surface area contributed by atoms with Gasteiger partial charge in [-0.05, 0) is 71.8 Å². The highest BCUT2D eigenvalue weighted by atomic mass is 16.8. The lowest BCUT2D eigenvalue weighted by molar-refractivity contribution is -0.385. The summed E-state index contributed by atoms with van der Waals surface area (Å²) in [5, 5.41) is 38.6. The maximum absolute atomic E-state index is 14.1. The monoisotopic (exact) mass is 1280 g/mol. The maximum Gasteiger partial charge on any atom is 0.514 e. The van der Waals surface area contributed by atoms with Crippen LogP contribution in [-0.4, -0.2) is 126 Å². The van der Waals surface area contributed by atoms with E-state index in [1.54, 1.807) is 0 Å². The zero-order chi connectivity index (χ0) is 67.0. The molecular formula is C58H53N5O29. The quantitative estimate of drug-likeness (QED) is 0.0100. The van der Waals surface area contributed by atoms with Gasteiger partial charge in [-0.2, -0.15) is 0 Å². The van der Waals surface area contributed by atoms with Gasteiger partial charge in [0.1, 0.15) is 68.7 Å². The SMILES string of the molecule is C#CCOCCNC(=O)c1cc(COC(=O)Nc2c(COC(=O)Oc3ccc([N+](=O)[O-])cc3)cc(COC(=O)Oc3ccc([N+](=O)[O-])cc3)cc2COC(=O)Oc2ccc([N+](=O)[O-])cc2)ccc1OC1O[C@H](COC(C)=O)[C@H](OC(C)=O)[C@H](OC(C)=O)[C@H]1OC(C)=O. The van der Waals surface area contributed by atoms with Crippen LogP contribution in [0.5, 0.6) is 23.0 Å². The fraction of sp³-hybridized carbons (Fsp3) is 0.293. The number of amides is 2. The molecule has 5 aromatic carbocycles. The summed E-state index contributed by atoms with van der Waals surface area (Å²) >= 11 is 0. The summed E-state index contributed by atoms with van der Waals surface area (Å²) in [6.07, 6.45) is -8.41. The second-order valence-electron chi connectivity index (χ2n) is 18.7. The number of nitro groups is 3. The van der Waals surface area contributed by atoms with Gasteiger partial charge >= 0.3 is 48.4 Å². The molecule has 34 heteroatoms. The number of rotatable bonds is 27. The number of esters is 4. The van der Waals surface area contributed by atoms with Gasteiger partial charge in [-0.3, -0.25) is 59.6 Å². The molecule has 2 N–H and O–H groups in total. The lowest BCUT2D eigenvalue weighted by atomic mass is 9.98. The Morgan fingerprint density at radius 2 is 1.00 bits per heavy atom. The van der Waals surface area contributed by atoms with Crippen LogP contribution >= 0.6 is 0 Å². The van der Waals surface area contributed by atoms with Crippen LogP contribution in [0.25, 0.3) is 0 Å². The van der Waals surface area contributed by atoms with E-state index in [9.17, 15) is 73.5 Å². The number of hydrogen-bond donors (Lipinski definition) is 2. The number of carbonyl (C=O) groups excluding carboxylic acids is 9. The minimum atomic E-state index is -1.83. The summed E-state index contributed by atoms with van der Waals surface area (Å²) in [5.74, 6) is -3.09. The predicted octanol–water partition coefficient (Wildman–Crippen LogP) is 7.15. The fourth-order valence-corrected chi connectivity index (χ4v) is 8.12. The molecule has 0 bridgehead atoms. The van der Waals surface area contributed by atoms with Gasteiger partial charge in [-0.25, -0.2) is 19.2 Å². The van der Waals surface area contributed by atoms with Gasteiger partial charge in [0.05, 0.1) is 32.6 Å². The first-order chi connectivity index (χ1) is 43.8. The van der Waals surface area contributed by atoms with Gasteiger partial charge in [0.15, 0.2) is 12.2 Å². The number of nitrogens with one attached hydrogen (secondary N) is 2. The van der Waals surface area contributed by atoms with Crippen molar-refractivity contribution in [1.82, 2.24) is 5.32 Å². The molecule has 1 saturated heterocycles. The van der Waals surface area contributed by atoms with Crippen molar-refractivity contribution in [2.75, 3.05) is 31.7 Å². The van der Waals surface area contributed by atoms with E-state index in [2.05, 4.69) is 16.6 Å². The molecule has 5 aromatic rings. The van der Waals surface area contributed by atoms with Crippen molar-refractivity contribution in [3.8, 4) is 35.3 Å². The van der Waals surface area contributed by atoms with Crippen LogP contribution in [0.1, 0.15) is 60.3 Å². The van der Waals surface area contributed by atoms with Gasteiger partial charge in [0.25, 0.3) is 23.0 Å². The number of benzene rings is 5. The first-order valence-corrected chi connectivity index (χ1v) is 26.6. The van der Waals surface area contributed by atoms with Gasteiger partial charge in [0.2, 0.25) is 12.4 Å². The van der Waals surface area contributed by atoms with Crippen LogP contribution in [0.4, 0.5) is 41.9 Å². The van der Waals surface area contributed by atoms with Crippen molar-refractivity contribution < 1.29 is 124 Å². The Bertz CT molecular complexity index is 3510. The first-order valence-electron chi connectivity index (χ1n) is 26.6. The van der Waals surface area contributed by atoms with Crippen LogP contribution in [0.3, 0.4) is 0 Å². The summed E-state index contributed by atoms with van der Waals surface area (Å²) in [7, 11) is 0. The molecule has 1 heterocycles. The summed E-state index contributed by atoms with van der Waals surface area (Å²) in [4.78, 5) is 148. The van der Waals surface area contributed by atoms with E-state index in [1.807, 2.05) is 0 Å².